The van der Waals surface area contributed by atoms with Crippen molar-refractivity contribution in [3.05, 3.63) is 34.8 Å². The van der Waals surface area contributed by atoms with Crippen molar-refractivity contribution < 1.29 is 9.53 Å². The van der Waals surface area contributed by atoms with Crippen LogP contribution in [0.1, 0.15) is 24.4 Å². The quantitative estimate of drug-likeness (QED) is 0.919. The van der Waals surface area contributed by atoms with Crippen LogP contribution in [-0.4, -0.2) is 16.1 Å². The lowest BCUT2D eigenvalue weighted by molar-refractivity contribution is -0.118. The van der Waals surface area contributed by atoms with Gasteiger partial charge in [-0.2, -0.15) is 0 Å². The molecule has 0 aliphatic rings. The molecule has 2 rings (SSSR count). The lowest BCUT2D eigenvalue weighted by Crippen LogP contribution is -2.17. The van der Waals surface area contributed by atoms with Gasteiger partial charge in [-0.3, -0.25) is 4.79 Å². The molecule has 1 N–H and O–H groups in total. The molecule has 20 heavy (non-hydrogen) atoms. The normalized spacial score (nSPS) is 10.6. The van der Waals surface area contributed by atoms with E-state index >= 15 is 0 Å². The summed E-state index contributed by atoms with van der Waals surface area (Å²) in [4.78, 5) is 11.5. The Bertz CT molecular complexity index is 578. The second-order valence-corrected chi connectivity index (χ2v) is 5.81. The largest absolute Gasteiger partial charge is 0.486 e. The van der Waals surface area contributed by atoms with Gasteiger partial charge in [0.25, 0.3) is 0 Å². The van der Waals surface area contributed by atoms with E-state index in [1.807, 2.05) is 45.0 Å². The maximum atomic E-state index is 11.5. The molecular formula is C14H17N3O2S. The monoisotopic (exact) mass is 291 g/mol. The van der Waals surface area contributed by atoms with Gasteiger partial charge in [-0.05, 0) is 19.1 Å². The predicted octanol–water partition coefficient (Wildman–Crippen LogP) is 3.02. The molecule has 0 saturated carbocycles. The SMILES string of the molecule is Cc1ccc(OCc2nnc(NC(=O)C(C)C)s2)cc1. The fourth-order valence-corrected chi connectivity index (χ4v) is 2.05. The molecule has 1 amide bonds. The number of nitrogens with one attached hydrogen (secondary N) is 1. The zero-order valence-corrected chi connectivity index (χ0v) is 12.5. The molecule has 0 radical (unpaired) electrons. The van der Waals surface area contributed by atoms with E-state index in [1.54, 1.807) is 0 Å². The molecule has 0 aliphatic carbocycles. The highest BCUT2D eigenvalue weighted by Gasteiger charge is 2.11. The molecule has 5 nitrogen and oxygen atoms in total. The Balaban J connectivity index is 1.89. The minimum absolute atomic E-state index is 0.0628. The van der Waals surface area contributed by atoms with Gasteiger partial charge in [0, 0.05) is 5.92 Å². The van der Waals surface area contributed by atoms with Gasteiger partial charge in [0.05, 0.1) is 0 Å². The van der Waals surface area contributed by atoms with Crippen LogP contribution in [0.2, 0.25) is 0 Å². The second-order valence-electron chi connectivity index (χ2n) is 4.75. The Morgan fingerprint density at radius 3 is 2.65 bits per heavy atom. The Labute approximate surface area is 122 Å². The van der Waals surface area contributed by atoms with Crippen molar-refractivity contribution in [3.63, 3.8) is 0 Å². The van der Waals surface area contributed by atoms with Crippen molar-refractivity contribution in [2.45, 2.75) is 27.4 Å². The highest BCUT2D eigenvalue weighted by molar-refractivity contribution is 7.15. The summed E-state index contributed by atoms with van der Waals surface area (Å²) < 4.78 is 5.61. The third-order valence-corrected chi connectivity index (χ3v) is 3.42. The van der Waals surface area contributed by atoms with E-state index in [-0.39, 0.29) is 11.8 Å². The van der Waals surface area contributed by atoms with Crippen LogP contribution in [0, 0.1) is 12.8 Å². The summed E-state index contributed by atoms with van der Waals surface area (Å²) in [7, 11) is 0. The first-order valence-corrected chi connectivity index (χ1v) is 7.19. The Morgan fingerprint density at radius 2 is 2.00 bits per heavy atom. The number of rotatable bonds is 5. The number of benzene rings is 1. The van der Waals surface area contributed by atoms with Gasteiger partial charge in [0.1, 0.15) is 12.4 Å². The van der Waals surface area contributed by atoms with Gasteiger partial charge in [0.2, 0.25) is 11.0 Å². The number of hydrogen-bond donors (Lipinski definition) is 1. The van der Waals surface area contributed by atoms with E-state index in [2.05, 4.69) is 15.5 Å². The average molecular weight is 291 g/mol. The highest BCUT2D eigenvalue weighted by atomic mass is 32.1. The van der Waals surface area contributed by atoms with Crippen molar-refractivity contribution in [2.75, 3.05) is 5.32 Å². The molecule has 0 saturated heterocycles. The minimum atomic E-state index is -0.0776. The van der Waals surface area contributed by atoms with Gasteiger partial charge in [-0.15, -0.1) is 10.2 Å². The smallest absolute Gasteiger partial charge is 0.228 e. The molecule has 0 unspecified atom stereocenters. The van der Waals surface area contributed by atoms with E-state index in [0.29, 0.717) is 11.7 Å². The lowest BCUT2D eigenvalue weighted by atomic mass is 10.2. The van der Waals surface area contributed by atoms with Gasteiger partial charge in [0.15, 0.2) is 5.01 Å². The number of amides is 1. The summed E-state index contributed by atoms with van der Waals surface area (Å²) in [5.41, 5.74) is 1.19. The number of carbonyl (C=O) groups is 1. The van der Waals surface area contributed by atoms with Gasteiger partial charge in [-0.25, -0.2) is 0 Å². The molecule has 6 heteroatoms. The summed E-state index contributed by atoms with van der Waals surface area (Å²) in [6, 6.07) is 7.81. The zero-order valence-electron chi connectivity index (χ0n) is 11.7. The first-order valence-electron chi connectivity index (χ1n) is 6.37. The van der Waals surface area contributed by atoms with Crippen LogP contribution in [0.3, 0.4) is 0 Å². The summed E-state index contributed by atoms with van der Waals surface area (Å²) in [6.07, 6.45) is 0. The van der Waals surface area contributed by atoms with E-state index in [0.717, 1.165) is 10.8 Å². The molecule has 106 valence electrons. The molecule has 0 atom stereocenters. The molecule has 2 aromatic rings. The summed E-state index contributed by atoms with van der Waals surface area (Å²) >= 11 is 1.32. The third-order valence-electron chi connectivity index (χ3n) is 2.60. The molecule has 0 aliphatic heterocycles. The molecule has 1 aromatic carbocycles. The second kappa shape index (κ2) is 6.47. The standard InChI is InChI=1S/C14H17N3O2S/c1-9(2)13(18)15-14-17-16-12(20-14)8-19-11-6-4-10(3)5-7-11/h4-7,9H,8H2,1-3H3,(H,15,17,18). The van der Waals surface area contributed by atoms with E-state index < -0.39 is 0 Å². The first-order chi connectivity index (χ1) is 9.54. The fraction of sp³-hybridized carbons (Fsp3) is 0.357. The van der Waals surface area contributed by atoms with Crippen molar-refractivity contribution in [2.24, 2.45) is 5.92 Å². The Kier molecular flexibility index (Phi) is 4.68. The average Bonchev–Trinajstić information content (AvgIpc) is 2.85. The van der Waals surface area contributed by atoms with Crippen molar-refractivity contribution in [1.29, 1.82) is 0 Å². The number of ether oxygens (including phenoxy) is 1. The summed E-state index contributed by atoms with van der Waals surface area (Å²) in [5.74, 6) is 0.650. The van der Waals surface area contributed by atoms with Gasteiger partial charge in [-0.1, -0.05) is 42.9 Å². The van der Waals surface area contributed by atoms with E-state index in [4.69, 9.17) is 4.74 Å². The maximum Gasteiger partial charge on any atom is 0.228 e. The van der Waals surface area contributed by atoms with Gasteiger partial charge < -0.3 is 10.1 Å². The van der Waals surface area contributed by atoms with Crippen LogP contribution in [0.5, 0.6) is 5.75 Å². The fourth-order valence-electron chi connectivity index (χ4n) is 1.39. The number of anilines is 1. The van der Waals surface area contributed by atoms with Crippen molar-refractivity contribution >= 4 is 22.4 Å². The molecule has 0 spiro atoms. The number of aryl methyl sites for hydroxylation is 1. The molecule has 1 heterocycles. The first kappa shape index (κ1) is 14.5. The van der Waals surface area contributed by atoms with Crippen LogP contribution >= 0.6 is 11.3 Å². The van der Waals surface area contributed by atoms with Gasteiger partial charge >= 0.3 is 0 Å². The number of carbonyl (C=O) groups excluding carboxylic acids is 1. The molecule has 0 fully saturated rings. The topological polar surface area (TPSA) is 64.1 Å². The van der Waals surface area contributed by atoms with Crippen molar-refractivity contribution in [3.8, 4) is 5.75 Å². The lowest BCUT2D eigenvalue weighted by Gasteiger charge is -2.03. The minimum Gasteiger partial charge on any atom is -0.486 e. The number of nitrogens with zero attached hydrogens (tertiary/aromatic N) is 2. The van der Waals surface area contributed by atoms with Crippen LogP contribution in [-0.2, 0) is 11.4 Å². The molecular weight excluding hydrogens is 274 g/mol. The third kappa shape index (κ3) is 4.03. The van der Waals surface area contributed by atoms with Crippen LogP contribution in [0.15, 0.2) is 24.3 Å². The van der Waals surface area contributed by atoms with E-state index in [9.17, 15) is 4.79 Å². The molecule has 1 aromatic heterocycles. The number of aromatic nitrogens is 2. The molecule has 0 bridgehead atoms. The van der Waals surface area contributed by atoms with E-state index in [1.165, 1.54) is 16.9 Å². The zero-order chi connectivity index (χ0) is 14.5. The predicted molar refractivity (Wildman–Crippen MR) is 78.9 cm³/mol. The Morgan fingerprint density at radius 1 is 1.30 bits per heavy atom. The number of hydrogen-bond acceptors (Lipinski definition) is 5. The summed E-state index contributed by atoms with van der Waals surface area (Å²) in [6.45, 7) is 6.03. The highest BCUT2D eigenvalue weighted by Crippen LogP contribution is 2.19. The maximum absolute atomic E-state index is 11.5. The van der Waals surface area contributed by atoms with Crippen molar-refractivity contribution in [1.82, 2.24) is 10.2 Å². The Hall–Kier alpha value is -1.95. The van der Waals surface area contributed by atoms with Crippen LogP contribution in [0.25, 0.3) is 0 Å². The summed E-state index contributed by atoms with van der Waals surface area (Å²) in [5, 5.41) is 11.9. The van der Waals surface area contributed by atoms with Crippen LogP contribution < -0.4 is 10.1 Å². The van der Waals surface area contributed by atoms with Crippen LogP contribution in [0.4, 0.5) is 5.13 Å².